The van der Waals surface area contributed by atoms with Crippen molar-refractivity contribution in [1.29, 1.82) is 0 Å². The SMILES string of the molecule is CC1(c2cc(C3CC3)on2)CCNCC1.Cl. The minimum atomic E-state index is 0. The summed E-state index contributed by atoms with van der Waals surface area (Å²) < 4.78 is 5.44. The van der Waals surface area contributed by atoms with Crippen LogP contribution in [0.2, 0.25) is 0 Å². The van der Waals surface area contributed by atoms with Crippen LogP contribution in [-0.2, 0) is 5.41 Å². The molecule has 0 bridgehead atoms. The topological polar surface area (TPSA) is 38.1 Å². The molecular formula is C12H19ClN2O. The van der Waals surface area contributed by atoms with Gasteiger partial charge < -0.3 is 9.84 Å². The third-order valence-corrected chi connectivity index (χ3v) is 3.83. The molecule has 1 aromatic heterocycles. The normalized spacial score (nSPS) is 23.8. The number of hydrogen-bond donors (Lipinski definition) is 1. The Kier molecular flexibility index (Phi) is 3.27. The Morgan fingerprint density at radius 2 is 2.06 bits per heavy atom. The minimum absolute atomic E-state index is 0. The van der Waals surface area contributed by atoms with E-state index in [0.29, 0.717) is 5.92 Å². The van der Waals surface area contributed by atoms with Crippen LogP contribution in [0.15, 0.2) is 10.6 Å². The molecule has 1 aromatic rings. The lowest BCUT2D eigenvalue weighted by atomic mass is 9.78. The summed E-state index contributed by atoms with van der Waals surface area (Å²) in [4.78, 5) is 0. The molecule has 4 heteroatoms. The van der Waals surface area contributed by atoms with E-state index < -0.39 is 0 Å². The molecule has 1 N–H and O–H groups in total. The molecule has 0 atom stereocenters. The first-order valence-electron chi connectivity index (χ1n) is 5.96. The Labute approximate surface area is 102 Å². The third-order valence-electron chi connectivity index (χ3n) is 3.83. The first kappa shape index (κ1) is 11.9. The summed E-state index contributed by atoms with van der Waals surface area (Å²) in [5.41, 5.74) is 1.41. The highest BCUT2D eigenvalue weighted by atomic mass is 35.5. The molecule has 3 nitrogen and oxygen atoms in total. The summed E-state index contributed by atoms with van der Waals surface area (Å²) >= 11 is 0. The summed E-state index contributed by atoms with van der Waals surface area (Å²) in [6, 6.07) is 2.20. The molecule has 2 heterocycles. The van der Waals surface area contributed by atoms with Crippen molar-refractivity contribution in [2.75, 3.05) is 13.1 Å². The van der Waals surface area contributed by atoms with Gasteiger partial charge in [-0.05, 0) is 38.8 Å². The van der Waals surface area contributed by atoms with Gasteiger partial charge in [0.25, 0.3) is 0 Å². The van der Waals surface area contributed by atoms with E-state index in [1.54, 1.807) is 0 Å². The van der Waals surface area contributed by atoms with Crippen LogP contribution in [0.25, 0.3) is 0 Å². The number of aromatic nitrogens is 1. The zero-order valence-electron chi connectivity index (χ0n) is 9.66. The number of piperidine rings is 1. The van der Waals surface area contributed by atoms with Crippen LogP contribution in [0.1, 0.15) is 50.0 Å². The molecular weight excluding hydrogens is 224 g/mol. The Balaban J connectivity index is 0.000000963. The van der Waals surface area contributed by atoms with E-state index in [2.05, 4.69) is 23.5 Å². The van der Waals surface area contributed by atoms with E-state index in [9.17, 15) is 0 Å². The Bertz CT molecular complexity index is 354. The van der Waals surface area contributed by atoms with Gasteiger partial charge in [-0.15, -0.1) is 12.4 Å². The molecule has 1 saturated carbocycles. The summed E-state index contributed by atoms with van der Waals surface area (Å²) in [6.07, 6.45) is 4.91. The summed E-state index contributed by atoms with van der Waals surface area (Å²) in [5, 5.41) is 7.66. The van der Waals surface area contributed by atoms with Gasteiger partial charge in [0, 0.05) is 17.4 Å². The van der Waals surface area contributed by atoms with Crippen LogP contribution in [0.4, 0.5) is 0 Å². The minimum Gasteiger partial charge on any atom is -0.361 e. The molecule has 0 unspecified atom stereocenters. The van der Waals surface area contributed by atoms with Crippen molar-refractivity contribution < 1.29 is 4.52 Å². The van der Waals surface area contributed by atoms with E-state index in [1.165, 1.54) is 31.4 Å². The molecule has 1 aliphatic heterocycles. The molecule has 1 saturated heterocycles. The summed E-state index contributed by atoms with van der Waals surface area (Å²) in [5.74, 6) is 1.79. The van der Waals surface area contributed by atoms with Crippen LogP contribution in [0.3, 0.4) is 0 Å². The van der Waals surface area contributed by atoms with Crippen LogP contribution in [0, 0.1) is 0 Å². The van der Waals surface area contributed by atoms with E-state index in [0.717, 1.165) is 18.8 Å². The van der Waals surface area contributed by atoms with Gasteiger partial charge in [0.15, 0.2) is 0 Å². The van der Waals surface area contributed by atoms with Crippen LogP contribution in [0.5, 0.6) is 0 Å². The quantitative estimate of drug-likeness (QED) is 0.867. The van der Waals surface area contributed by atoms with E-state index in [1.807, 2.05) is 0 Å². The molecule has 0 radical (unpaired) electrons. The van der Waals surface area contributed by atoms with Crippen molar-refractivity contribution in [1.82, 2.24) is 10.5 Å². The van der Waals surface area contributed by atoms with Crippen LogP contribution >= 0.6 is 12.4 Å². The Morgan fingerprint density at radius 1 is 1.38 bits per heavy atom. The average molecular weight is 243 g/mol. The van der Waals surface area contributed by atoms with Gasteiger partial charge in [-0.1, -0.05) is 12.1 Å². The summed E-state index contributed by atoms with van der Waals surface area (Å²) in [7, 11) is 0. The maximum Gasteiger partial charge on any atom is 0.140 e. The second kappa shape index (κ2) is 4.38. The zero-order chi connectivity index (χ0) is 10.3. The third kappa shape index (κ3) is 2.11. The van der Waals surface area contributed by atoms with Crippen molar-refractivity contribution in [2.45, 2.75) is 43.9 Å². The van der Waals surface area contributed by atoms with Gasteiger partial charge in [-0.2, -0.15) is 0 Å². The van der Waals surface area contributed by atoms with Gasteiger partial charge >= 0.3 is 0 Å². The number of rotatable bonds is 2. The molecule has 16 heavy (non-hydrogen) atoms. The fourth-order valence-electron chi connectivity index (χ4n) is 2.37. The summed E-state index contributed by atoms with van der Waals surface area (Å²) in [6.45, 7) is 4.51. The molecule has 0 spiro atoms. The standard InChI is InChI=1S/C12H18N2O.ClH/c1-12(4-6-13-7-5-12)11-8-10(15-14-11)9-2-3-9;/h8-9,13H,2-7H2,1H3;1H. The molecule has 0 amide bonds. The predicted octanol–water partition coefficient (Wildman–Crippen LogP) is 2.61. The van der Waals surface area contributed by atoms with Gasteiger partial charge in [0.2, 0.25) is 0 Å². The van der Waals surface area contributed by atoms with Gasteiger partial charge in [-0.3, -0.25) is 0 Å². The first-order chi connectivity index (χ1) is 7.28. The first-order valence-corrected chi connectivity index (χ1v) is 5.96. The Hall–Kier alpha value is -0.540. The number of hydrogen-bond acceptors (Lipinski definition) is 3. The van der Waals surface area contributed by atoms with Crippen molar-refractivity contribution >= 4 is 12.4 Å². The van der Waals surface area contributed by atoms with Crippen molar-refractivity contribution in [3.05, 3.63) is 17.5 Å². The second-order valence-corrected chi connectivity index (χ2v) is 5.20. The molecule has 2 aliphatic rings. The maximum absolute atomic E-state index is 5.44. The van der Waals surface area contributed by atoms with Crippen molar-refractivity contribution in [3.63, 3.8) is 0 Å². The average Bonchev–Trinajstić information content (AvgIpc) is 2.97. The molecule has 3 rings (SSSR count). The smallest absolute Gasteiger partial charge is 0.140 e. The van der Waals surface area contributed by atoms with E-state index >= 15 is 0 Å². The maximum atomic E-state index is 5.44. The fourth-order valence-corrected chi connectivity index (χ4v) is 2.37. The number of halogens is 1. The number of nitrogens with zero attached hydrogens (tertiary/aromatic N) is 1. The van der Waals surface area contributed by atoms with Crippen LogP contribution in [-0.4, -0.2) is 18.2 Å². The van der Waals surface area contributed by atoms with Gasteiger partial charge in [0.1, 0.15) is 5.76 Å². The van der Waals surface area contributed by atoms with E-state index in [-0.39, 0.29) is 17.8 Å². The highest BCUT2D eigenvalue weighted by Crippen LogP contribution is 2.42. The van der Waals surface area contributed by atoms with E-state index in [4.69, 9.17) is 4.52 Å². The Morgan fingerprint density at radius 3 is 2.69 bits per heavy atom. The monoisotopic (exact) mass is 242 g/mol. The zero-order valence-corrected chi connectivity index (χ0v) is 10.5. The lowest BCUT2D eigenvalue weighted by Gasteiger charge is -2.31. The lowest BCUT2D eigenvalue weighted by molar-refractivity contribution is 0.301. The molecule has 0 aromatic carbocycles. The van der Waals surface area contributed by atoms with Gasteiger partial charge in [-0.25, -0.2) is 0 Å². The number of nitrogens with one attached hydrogen (secondary N) is 1. The predicted molar refractivity (Wildman–Crippen MR) is 65.2 cm³/mol. The van der Waals surface area contributed by atoms with Crippen molar-refractivity contribution in [2.24, 2.45) is 0 Å². The van der Waals surface area contributed by atoms with Crippen molar-refractivity contribution in [3.8, 4) is 0 Å². The second-order valence-electron chi connectivity index (χ2n) is 5.20. The largest absolute Gasteiger partial charge is 0.361 e. The lowest BCUT2D eigenvalue weighted by Crippen LogP contribution is -2.37. The molecule has 2 fully saturated rings. The fraction of sp³-hybridized carbons (Fsp3) is 0.750. The van der Waals surface area contributed by atoms with Gasteiger partial charge in [0.05, 0.1) is 5.69 Å². The highest BCUT2D eigenvalue weighted by Gasteiger charge is 2.34. The molecule has 1 aliphatic carbocycles. The molecule has 90 valence electrons. The highest BCUT2D eigenvalue weighted by molar-refractivity contribution is 5.85. The van der Waals surface area contributed by atoms with Crippen LogP contribution < -0.4 is 5.32 Å².